The van der Waals surface area contributed by atoms with E-state index in [9.17, 15) is 14.4 Å². The second kappa shape index (κ2) is 10.3. The van der Waals surface area contributed by atoms with E-state index in [0.717, 1.165) is 24.0 Å². The number of esters is 1. The largest absolute Gasteiger partial charge is 0.482 e. The zero-order valence-electron chi connectivity index (χ0n) is 18.8. The molecule has 34 heavy (non-hydrogen) atoms. The van der Waals surface area contributed by atoms with Crippen LogP contribution in [0.15, 0.2) is 45.6 Å². The van der Waals surface area contributed by atoms with Crippen molar-refractivity contribution < 1.29 is 28.2 Å². The number of hydrogen-bond acceptors (Lipinski definition) is 7. The standard InChI is InChI=1S/C25H24ClNO7/c1-14-8-19(9-15(2)23(14)26)32-13-22(28)33-17-6-5-16-10-20(25(30)34-21(16)11-17)24(29)27-12-18-4-3-7-31-18/h5-6,8-11,18H,3-4,7,12-13H2,1-2H3,(H,27,29). The van der Waals surface area contributed by atoms with Gasteiger partial charge in [-0.1, -0.05) is 11.6 Å². The number of halogens is 1. The van der Waals surface area contributed by atoms with Gasteiger partial charge in [0.2, 0.25) is 0 Å². The molecule has 2 heterocycles. The summed E-state index contributed by atoms with van der Waals surface area (Å²) in [6.07, 6.45) is 1.79. The number of benzene rings is 2. The first kappa shape index (κ1) is 23.8. The third-order valence-corrected chi connectivity index (χ3v) is 6.06. The van der Waals surface area contributed by atoms with Gasteiger partial charge in [-0.15, -0.1) is 0 Å². The Balaban J connectivity index is 1.39. The average Bonchev–Trinajstić information content (AvgIpc) is 3.33. The number of rotatable bonds is 7. The molecule has 0 radical (unpaired) electrons. The van der Waals surface area contributed by atoms with E-state index < -0.39 is 17.5 Å². The summed E-state index contributed by atoms with van der Waals surface area (Å²) in [5, 5.41) is 3.87. The third kappa shape index (κ3) is 5.58. The molecule has 0 saturated carbocycles. The fourth-order valence-electron chi connectivity index (χ4n) is 3.71. The molecule has 2 aromatic carbocycles. The van der Waals surface area contributed by atoms with Crippen LogP contribution >= 0.6 is 11.6 Å². The minimum atomic E-state index is -0.780. The van der Waals surface area contributed by atoms with Crippen molar-refractivity contribution in [2.24, 2.45) is 0 Å². The lowest BCUT2D eigenvalue weighted by Crippen LogP contribution is -2.34. The van der Waals surface area contributed by atoms with Crippen molar-refractivity contribution in [3.8, 4) is 11.5 Å². The van der Waals surface area contributed by atoms with Gasteiger partial charge in [0.05, 0.1) is 6.10 Å². The maximum atomic E-state index is 12.4. The number of fused-ring (bicyclic) bond motifs is 1. The van der Waals surface area contributed by atoms with E-state index in [1.165, 1.54) is 12.1 Å². The Labute approximate surface area is 200 Å². The molecule has 1 unspecified atom stereocenters. The zero-order chi connectivity index (χ0) is 24.2. The topological polar surface area (TPSA) is 104 Å². The van der Waals surface area contributed by atoms with Crippen LogP contribution in [-0.4, -0.2) is 37.7 Å². The predicted molar refractivity (Wildman–Crippen MR) is 126 cm³/mol. The Morgan fingerprint density at radius 2 is 1.88 bits per heavy atom. The number of aryl methyl sites for hydroxylation is 2. The van der Waals surface area contributed by atoms with E-state index in [0.29, 0.717) is 29.3 Å². The van der Waals surface area contributed by atoms with Crippen LogP contribution in [0.3, 0.4) is 0 Å². The summed E-state index contributed by atoms with van der Waals surface area (Å²) >= 11 is 6.14. The normalized spacial score (nSPS) is 15.3. The van der Waals surface area contributed by atoms with Gasteiger partial charge in [0.1, 0.15) is 22.6 Å². The van der Waals surface area contributed by atoms with Gasteiger partial charge in [-0.05, 0) is 68.1 Å². The van der Waals surface area contributed by atoms with Crippen LogP contribution in [0.4, 0.5) is 0 Å². The Hall–Kier alpha value is -3.36. The molecule has 0 aliphatic carbocycles. The molecule has 4 rings (SSSR count). The summed E-state index contributed by atoms with van der Waals surface area (Å²) in [6.45, 7) is 4.40. The highest BCUT2D eigenvalue weighted by atomic mass is 35.5. The smallest absolute Gasteiger partial charge is 0.349 e. The molecule has 3 aromatic rings. The minimum Gasteiger partial charge on any atom is -0.482 e. The van der Waals surface area contributed by atoms with Gasteiger partial charge in [0.15, 0.2) is 6.61 Å². The maximum Gasteiger partial charge on any atom is 0.349 e. The van der Waals surface area contributed by atoms with Gasteiger partial charge in [0.25, 0.3) is 5.91 Å². The molecule has 1 amide bonds. The quantitative estimate of drug-likeness (QED) is 0.307. The first-order valence-corrected chi connectivity index (χ1v) is 11.3. The molecule has 9 heteroatoms. The second-order valence-corrected chi connectivity index (χ2v) is 8.50. The average molecular weight is 486 g/mol. The maximum absolute atomic E-state index is 12.4. The Morgan fingerprint density at radius 1 is 1.12 bits per heavy atom. The van der Waals surface area contributed by atoms with E-state index in [-0.39, 0.29) is 29.6 Å². The number of amides is 1. The summed E-state index contributed by atoms with van der Waals surface area (Å²) in [6, 6.07) is 9.49. The molecular weight excluding hydrogens is 462 g/mol. The molecule has 1 atom stereocenters. The van der Waals surface area contributed by atoms with Crippen molar-refractivity contribution in [2.45, 2.75) is 32.8 Å². The van der Waals surface area contributed by atoms with Gasteiger partial charge in [0, 0.05) is 29.6 Å². The van der Waals surface area contributed by atoms with Crippen molar-refractivity contribution in [3.05, 3.63) is 68.5 Å². The van der Waals surface area contributed by atoms with Gasteiger partial charge < -0.3 is 23.9 Å². The number of hydrogen-bond donors (Lipinski definition) is 1. The van der Waals surface area contributed by atoms with Crippen molar-refractivity contribution >= 4 is 34.4 Å². The highest BCUT2D eigenvalue weighted by Gasteiger charge is 2.19. The molecular formula is C25H24ClNO7. The number of ether oxygens (including phenoxy) is 3. The molecule has 1 saturated heterocycles. The zero-order valence-corrected chi connectivity index (χ0v) is 19.6. The van der Waals surface area contributed by atoms with Crippen LogP contribution in [0.2, 0.25) is 5.02 Å². The van der Waals surface area contributed by atoms with Crippen molar-refractivity contribution in [2.75, 3.05) is 19.8 Å². The van der Waals surface area contributed by atoms with E-state index in [2.05, 4.69) is 5.32 Å². The van der Waals surface area contributed by atoms with Crippen LogP contribution in [0.25, 0.3) is 11.0 Å². The highest BCUT2D eigenvalue weighted by Crippen LogP contribution is 2.26. The Morgan fingerprint density at radius 3 is 2.59 bits per heavy atom. The molecule has 0 spiro atoms. The van der Waals surface area contributed by atoms with Crippen LogP contribution in [0.1, 0.15) is 34.3 Å². The lowest BCUT2D eigenvalue weighted by atomic mass is 10.1. The van der Waals surface area contributed by atoms with E-state index >= 15 is 0 Å². The van der Waals surface area contributed by atoms with Crippen LogP contribution in [0.5, 0.6) is 11.5 Å². The number of nitrogens with one attached hydrogen (secondary N) is 1. The van der Waals surface area contributed by atoms with Crippen molar-refractivity contribution in [1.82, 2.24) is 5.32 Å². The van der Waals surface area contributed by atoms with Crippen LogP contribution < -0.4 is 20.4 Å². The summed E-state index contributed by atoms with van der Waals surface area (Å²) < 4.78 is 21.6. The van der Waals surface area contributed by atoms with Gasteiger partial charge in [-0.25, -0.2) is 9.59 Å². The van der Waals surface area contributed by atoms with Gasteiger partial charge in [-0.3, -0.25) is 4.79 Å². The lowest BCUT2D eigenvalue weighted by Gasteiger charge is -2.11. The van der Waals surface area contributed by atoms with Crippen LogP contribution in [0, 0.1) is 13.8 Å². The fraction of sp³-hybridized carbons (Fsp3) is 0.320. The third-order valence-electron chi connectivity index (χ3n) is 5.46. The molecule has 1 N–H and O–H groups in total. The lowest BCUT2D eigenvalue weighted by molar-refractivity contribution is -0.136. The molecule has 8 nitrogen and oxygen atoms in total. The summed E-state index contributed by atoms with van der Waals surface area (Å²) in [5.41, 5.74) is 0.995. The van der Waals surface area contributed by atoms with Crippen molar-refractivity contribution in [1.29, 1.82) is 0 Å². The highest BCUT2D eigenvalue weighted by molar-refractivity contribution is 6.32. The fourth-order valence-corrected chi connectivity index (χ4v) is 3.82. The number of carbonyl (C=O) groups excluding carboxylic acids is 2. The Kier molecular flexibility index (Phi) is 7.19. The molecule has 1 aliphatic heterocycles. The first-order chi connectivity index (χ1) is 16.3. The Bertz CT molecular complexity index is 1270. The van der Waals surface area contributed by atoms with Gasteiger partial charge in [-0.2, -0.15) is 0 Å². The van der Waals surface area contributed by atoms with E-state index in [4.69, 9.17) is 30.2 Å². The molecule has 178 valence electrons. The summed E-state index contributed by atoms with van der Waals surface area (Å²) in [4.78, 5) is 37.0. The van der Waals surface area contributed by atoms with Crippen molar-refractivity contribution in [3.63, 3.8) is 0 Å². The van der Waals surface area contributed by atoms with Crippen LogP contribution in [-0.2, 0) is 9.53 Å². The second-order valence-electron chi connectivity index (χ2n) is 8.13. The molecule has 0 bridgehead atoms. The summed E-state index contributed by atoms with van der Waals surface area (Å²) in [5.74, 6) is -0.460. The minimum absolute atomic E-state index is 0.0367. The first-order valence-electron chi connectivity index (χ1n) is 10.9. The molecule has 1 fully saturated rings. The SMILES string of the molecule is Cc1cc(OCC(=O)Oc2ccc3cc(C(=O)NCC4CCCO4)c(=O)oc3c2)cc(C)c1Cl. The van der Waals surface area contributed by atoms with E-state index in [1.54, 1.807) is 24.3 Å². The summed E-state index contributed by atoms with van der Waals surface area (Å²) in [7, 11) is 0. The monoisotopic (exact) mass is 485 g/mol. The number of carbonyl (C=O) groups is 2. The molecule has 1 aromatic heterocycles. The van der Waals surface area contributed by atoms with E-state index in [1.807, 2.05) is 13.8 Å². The molecule has 1 aliphatic rings. The van der Waals surface area contributed by atoms with Gasteiger partial charge >= 0.3 is 11.6 Å². The predicted octanol–water partition coefficient (Wildman–Crippen LogP) is 3.96.